The number of ether oxygens (including phenoxy) is 1. The minimum absolute atomic E-state index is 0.000555. The van der Waals surface area contributed by atoms with Crippen molar-refractivity contribution >= 4 is 23.9 Å². The van der Waals surface area contributed by atoms with Crippen LogP contribution in [-0.2, 0) is 16.1 Å². The first-order valence-electron chi connectivity index (χ1n) is 12.7. The first-order valence-corrected chi connectivity index (χ1v) is 12.7. The molecule has 0 aromatic heterocycles. The summed E-state index contributed by atoms with van der Waals surface area (Å²) in [7, 11) is 0. The van der Waals surface area contributed by atoms with Crippen LogP contribution < -0.4 is 10.6 Å². The molecule has 38 heavy (non-hydrogen) atoms. The zero-order valence-corrected chi connectivity index (χ0v) is 23.1. The fourth-order valence-corrected chi connectivity index (χ4v) is 3.96. The van der Waals surface area contributed by atoms with Crippen LogP contribution in [0.3, 0.4) is 0 Å². The Morgan fingerprint density at radius 2 is 1.79 bits per heavy atom. The number of hydrogen-bond donors (Lipinski definition) is 2. The van der Waals surface area contributed by atoms with Crippen LogP contribution in [0.2, 0.25) is 0 Å². The fraction of sp³-hybridized carbons (Fsp3) is 0.448. The molecule has 0 aliphatic carbocycles. The maximum atomic E-state index is 14.9. The van der Waals surface area contributed by atoms with E-state index in [9.17, 15) is 18.8 Å². The molecule has 1 aliphatic rings. The molecule has 0 fully saturated rings. The normalized spacial score (nSPS) is 18.6. The van der Waals surface area contributed by atoms with Crippen LogP contribution in [0, 0.1) is 11.7 Å². The first kappa shape index (κ1) is 28.8. The Balaban J connectivity index is 1.87. The monoisotopic (exact) mass is 524 g/mol. The van der Waals surface area contributed by atoms with Gasteiger partial charge in [-0.2, -0.15) is 0 Å². The number of benzene rings is 2. The molecule has 2 N–H and O–H groups in total. The highest BCUT2D eigenvalue weighted by Gasteiger charge is 2.40. The average Bonchev–Trinajstić information content (AvgIpc) is 2.81. The lowest BCUT2D eigenvalue weighted by Gasteiger charge is -2.38. The zero-order chi connectivity index (χ0) is 28.3. The summed E-state index contributed by atoms with van der Waals surface area (Å²) in [5.41, 5.74) is -0.222. The van der Waals surface area contributed by atoms with Gasteiger partial charge in [-0.1, -0.05) is 44.2 Å². The highest BCUT2D eigenvalue weighted by Crippen LogP contribution is 2.31. The van der Waals surface area contributed by atoms with E-state index < -0.39 is 23.1 Å². The minimum atomic E-state index is -0.773. The second kappa shape index (κ2) is 11.3. The predicted octanol–water partition coefficient (Wildman–Crippen LogP) is 5.34. The predicted molar refractivity (Wildman–Crippen MR) is 144 cm³/mol. The van der Waals surface area contributed by atoms with E-state index in [1.165, 1.54) is 23.1 Å². The van der Waals surface area contributed by atoms with Crippen LogP contribution in [0.25, 0.3) is 0 Å². The van der Waals surface area contributed by atoms with E-state index in [0.717, 1.165) is 5.56 Å². The van der Waals surface area contributed by atoms with Gasteiger partial charge >= 0.3 is 6.09 Å². The average molecular weight is 525 g/mol. The van der Waals surface area contributed by atoms with E-state index in [2.05, 4.69) is 15.6 Å². The molecule has 0 saturated heterocycles. The zero-order valence-electron chi connectivity index (χ0n) is 23.1. The lowest BCUT2D eigenvalue weighted by Crippen LogP contribution is -2.55. The van der Waals surface area contributed by atoms with Gasteiger partial charge in [0.2, 0.25) is 11.9 Å². The lowest BCUT2D eigenvalue weighted by molar-refractivity contribution is -0.130. The number of halogens is 1. The second-order valence-electron chi connectivity index (χ2n) is 11.1. The van der Waals surface area contributed by atoms with E-state index in [1.54, 1.807) is 20.8 Å². The second-order valence-corrected chi connectivity index (χ2v) is 11.1. The van der Waals surface area contributed by atoms with Crippen LogP contribution in [0.4, 0.5) is 9.18 Å². The number of hydrogen-bond acceptors (Lipinski definition) is 5. The number of rotatable bonds is 6. The van der Waals surface area contributed by atoms with Crippen molar-refractivity contribution in [1.29, 1.82) is 0 Å². The van der Waals surface area contributed by atoms with Crippen molar-refractivity contribution in [2.75, 3.05) is 0 Å². The van der Waals surface area contributed by atoms with E-state index in [0.29, 0.717) is 0 Å². The third kappa shape index (κ3) is 7.18. The summed E-state index contributed by atoms with van der Waals surface area (Å²) < 4.78 is 20.3. The van der Waals surface area contributed by atoms with Gasteiger partial charge in [0.05, 0.1) is 24.5 Å². The summed E-state index contributed by atoms with van der Waals surface area (Å²) in [6.07, 6.45) is -0.689. The molecule has 0 radical (unpaired) electrons. The van der Waals surface area contributed by atoms with E-state index in [1.807, 2.05) is 58.0 Å². The Labute approximate surface area is 223 Å². The van der Waals surface area contributed by atoms with Crippen molar-refractivity contribution in [3.8, 4) is 0 Å². The van der Waals surface area contributed by atoms with Gasteiger partial charge in [-0.15, -0.1) is 0 Å². The number of aliphatic imine (C=N–C) groups is 1. The van der Waals surface area contributed by atoms with Crippen molar-refractivity contribution in [3.63, 3.8) is 0 Å². The third-order valence-corrected chi connectivity index (χ3v) is 6.57. The Hall–Kier alpha value is -3.75. The van der Waals surface area contributed by atoms with Crippen LogP contribution in [0.5, 0.6) is 0 Å². The summed E-state index contributed by atoms with van der Waals surface area (Å²) in [5, 5.41) is 5.49. The maximum Gasteiger partial charge on any atom is 0.414 e. The van der Waals surface area contributed by atoms with Crippen LogP contribution in [0.1, 0.15) is 82.4 Å². The SMILES string of the molecule is CC(C)[C@]1(C)CC(=O)N(Cc2cc(C(=O)N[C@@H](C)c3ccccc3)ccc2F)C(NC(=O)OC(C)(C)C)=N1. The van der Waals surface area contributed by atoms with Crippen molar-refractivity contribution in [2.24, 2.45) is 10.9 Å². The molecule has 2 aromatic carbocycles. The third-order valence-electron chi connectivity index (χ3n) is 6.57. The summed E-state index contributed by atoms with van der Waals surface area (Å²) in [6, 6.07) is 13.2. The van der Waals surface area contributed by atoms with Crippen LogP contribution in [-0.4, -0.2) is 39.9 Å². The molecule has 2 atom stereocenters. The standard InChI is InChI=1S/C29H37FN4O4/c1-18(2)29(7)16-24(35)34(26(33-29)32-27(37)38-28(4,5)6)17-22-15-21(13-14-23(22)30)25(36)31-19(3)20-11-9-8-10-12-20/h8-15,18-19H,16-17H2,1-7H3,(H,31,36)(H,32,33,37)/t19-,29-/m0/s1. The summed E-state index contributed by atoms with van der Waals surface area (Å²) in [6.45, 7) is 12.5. The smallest absolute Gasteiger partial charge is 0.414 e. The number of nitrogens with one attached hydrogen (secondary N) is 2. The van der Waals surface area contributed by atoms with Crippen LogP contribution >= 0.6 is 0 Å². The topological polar surface area (TPSA) is 100 Å². The molecule has 1 aliphatic heterocycles. The largest absolute Gasteiger partial charge is 0.444 e. The Morgan fingerprint density at radius 1 is 1.13 bits per heavy atom. The van der Waals surface area contributed by atoms with Crippen molar-refractivity contribution in [3.05, 3.63) is 71.0 Å². The van der Waals surface area contributed by atoms with Crippen LogP contribution in [0.15, 0.2) is 53.5 Å². The minimum Gasteiger partial charge on any atom is -0.444 e. The number of nitrogens with zero attached hydrogens (tertiary/aromatic N) is 2. The quantitative estimate of drug-likeness (QED) is 0.532. The molecule has 2 aromatic rings. The van der Waals surface area contributed by atoms with Gasteiger partial charge in [0, 0.05) is 11.1 Å². The molecule has 0 unspecified atom stereocenters. The van der Waals surface area contributed by atoms with Crippen molar-refractivity contribution in [1.82, 2.24) is 15.5 Å². The number of amides is 3. The van der Waals surface area contributed by atoms with Gasteiger partial charge in [0.15, 0.2) is 0 Å². The van der Waals surface area contributed by atoms with Crippen molar-refractivity contribution < 1.29 is 23.5 Å². The molecule has 0 bridgehead atoms. The molecule has 3 rings (SSSR count). The molecular weight excluding hydrogens is 487 g/mol. The molecule has 3 amide bonds. The molecule has 9 heteroatoms. The Morgan fingerprint density at radius 3 is 2.39 bits per heavy atom. The highest BCUT2D eigenvalue weighted by atomic mass is 19.1. The van der Waals surface area contributed by atoms with Gasteiger partial charge in [-0.05, 0) is 64.3 Å². The van der Waals surface area contributed by atoms with Gasteiger partial charge in [0.25, 0.3) is 5.91 Å². The van der Waals surface area contributed by atoms with Crippen molar-refractivity contribution in [2.45, 2.75) is 78.6 Å². The first-order chi connectivity index (χ1) is 17.7. The molecule has 1 heterocycles. The Kier molecular flexibility index (Phi) is 8.59. The molecule has 0 saturated carbocycles. The maximum absolute atomic E-state index is 14.9. The lowest BCUT2D eigenvalue weighted by atomic mass is 9.84. The summed E-state index contributed by atoms with van der Waals surface area (Å²) in [5.74, 6) is -1.30. The molecule has 0 spiro atoms. The van der Waals surface area contributed by atoms with Gasteiger partial charge in [0.1, 0.15) is 11.4 Å². The van der Waals surface area contributed by atoms with Gasteiger partial charge in [-0.25, -0.2) is 14.2 Å². The van der Waals surface area contributed by atoms with E-state index >= 15 is 0 Å². The number of carbonyl (C=O) groups excluding carboxylic acids is 3. The van der Waals surface area contributed by atoms with E-state index in [-0.39, 0.29) is 53.8 Å². The summed E-state index contributed by atoms with van der Waals surface area (Å²) in [4.78, 5) is 44.7. The molecule has 8 nitrogen and oxygen atoms in total. The summed E-state index contributed by atoms with van der Waals surface area (Å²) >= 11 is 0. The fourth-order valence-electron chi connectivity index (χ4n) is 3.96. The number of guanidine groups is 1. The van der Waals surface area contributed by atoms with Gasteiger partial charge in [-0.3, -0.25) is 19.8 Å². The number of alkyl carbamates (subject to hydrolysis) is 1. The van der Waals surface area contributed by atoms with Gasteiger partial charge < -0.3 is 10.1 Å². The molecular formula is C29H37FN4O4. The number of carbonyl (C=O) groups is 3. The highest BCUT2D eigenvalue weighted by molar-refractivity contribution is 6.05. The van der Waals surface area contributed by atoms with E-state index in [4.69, 9.17) is 4.74 Å². The molecule has 204 valence electrons. The Bertz CT molecular complexity index is 1220.